The number of hydrogen-bond donors (Lipinski definition) is 1. The molecule has 0 aromatic heterocycles. The van der Waals surface area contributed by atoms with Crippen LogP contribution < -0.4 is 5.32 Å². The van der Waals surface area contributed by atoms with Crippen molar-refractivity contribution in [3.05, 3.63) is 35.4 Å². The summed E-state index contributed by atoms with van der Waals surface area (Å²) in [6.45, 7) is 0. The number of hydrogen-bond acceptors (Lipinski definition) is 1. The monoisotopic (exact) mass is 257 g/mol. The first-order chi connectivity index (χ1) is 9.33. The van der Waals surface area contributed by atoms with Gasteiger partial charge in [0, 0.05) is 12.0 Å². The second kappa shape index (κ2) is 5.77. The number of carbonyl (C=O) groups is 1. The maximum absolute atomic E-state index is 12.4. The summed E-state index contributed by atoms with van der Waals surface area (Å²) in [6, 6.07) is 9.00. The molecule has 0 heterocycles. The van der Waals surface area contributed by atoms with Crippen LogP contribution in [0.15, 0.2) is 24.3 Å². The Hall–Kier alpha value is -1.31. The Bertz CT molecular complexity index is 448. The third kappa shape index (κ3) is 2.99. The van der Waals surface area contributed by atoms with Crippen LogP contribution in [-0.4, -0.2) is 11.9 Å². The molecule has 0 spiro atoms. The highest BCUT2D eigenvalue weighted by molar-refractivity contribution is 5.79. The molecule has 3 rings (SSSR count). The fourth-order valence-corrected chi connectivity index (χ4v) is 3.49. The van der Waals surface area contributed by atoms with Crippen molar-refractivity contribution in [1.82, 2.24) is 5.32 Å². The number of aryl methyl sites for hydroxylation is 1. The van der Waals surface area contributed by atoms with E-state index >= 15 is 0 Å². The summed E-state index contributed by atoms with van der Waals surface area (Å²) in [4.78, 5) is 12.4. The molecule has 1 amide bonds. The second-order valence-corrected chi connectivity index (χ2v) is 6.05. The first-order valence-electron chi connectivity index (χ1n) is 7.70. The predicted octanol–water partition coefficient (Wildman–Crippen LogP) is 3.24. The molecule has 1 aromatic carbocycles. The van der Waals surface area contributed by atoms with Crippen LogP contribution in [0.25, 0.3) is 0 Å². The van der Waals surface area contributed by atoms with Gasteiger partial charge in [-0.25, -0.2) is 0 Å². The van der Waals surface area contributed by atoms with Gasteiger partial charge in [-0.05, 0) is 43.2 Å². The van der Waals surface area contributed by atoms with Crippen LogP contribution in [0.5, 0.6) is 0 Å². The van der Waals surface area contributed by atoms with E-state index in [-0.39, 0.29) is 5.92 Å². The molecule has 0 bridgehead atoms. The van der Waals surface area contributed by atoms with Crippen molar-refractivity contribution < 1.29 is 4.79 Å². The minimum atomic E-state index is 0.192. The van der Waals surface area contributed by atoms with E-state index in [1.807, 2.05) is 0 Å². The highest BCUT2D eigenvalue weighted by Crippen LogP contribution is 2.26. The fraction of sp³-hybridized carbons (Fsp3) is 0.588. The summed E-state index contributed by atoms with van der Waals surface area (Å²) < 4.78 is 0. The largest absolute Gasteiger partial charge is 0.353 e. The van der Waals surface area contributed by atoms with Crippen molar-refractivity contribution >= 4 is 5.91 Å². The van der Waals surface area contributed by atoms with Gasteiger partial charge in [0.2, 0.25) is 5.91 Å². The molecule has 2 heteroatoms. The normalized spacial score (nSPS) is 23.7. The predicted molar refractivity (Wildman–Crippen MR) is 77.0 cm³/mol. The average molecular weight is 257 g/mol. The third-order valence-corrected chi connectivity index (χ3v) is 4.67. The lowest BCUT2D eigenvalue weighted by atomic mass is 9.83. The summed E-state index contributed by atoms with van der Waals surface area (Å²) in [5.41, 5.74) is 2.81. The quantitative estimate of drug-likeness (QED) is 0.866. The second-order valence-electron chi connectivity index (χ2n) is 6.05. The Balaban J connectivity index is 1.59. The van der Waals surface area contributed by atoms with Gasteiger partial charge in [0.05, 0.1) is 0 Å². The zero-order valence-electron chi connectivity index (χ0n) is 11.5. The molecule has 1 saturated carbocycles. The van der Waals surface area contributed by atoms with Crippen molar-refractivity contribution in [2.24, 2.45) is 5.92 Å². The summed E-state index contributed by atoms with van der Waals surface area (Å²) in [5.74, 6) is 0.484. The average Bonchev–Trinajstić information content (AvgIpc) is 2.48. The Labute approximate surface area is 115 Å². The molecule has 0 radical (unpaired) electrons. The van der Waals surface area contributed by atoms with Crippen LogP contribution in [0, 0.1) is 5.92 Å². The lowest BCUT2D eigenvalue weighted by molar-refractivity contribution is -0.126. The maximum atomic E-state index is 12.4. The van der Waals surface area contributed by atoms with Crippen LogP contribution in [-0.2, 0) is 17.6 Å². The summed E-state index contributed by atoms with van der Waals surface area (Å²) in [7, 11) is 0. The standard InChI is InChI=1S/C17H23NO/c19-17(18-16-8-2-1-3-9-16)15-11-10-13-6-4-5-7-14(13)12-15/h4-7,15-16H,1-3,8-12H2,(H,18,19). The van der Waals surface area contributed by atoms with Crippen LogP contribution in [0.3, 0.4) is 0 Å². The van der Waals surface area contributed by atoms with Gasteiger partial charge in [0.15, 0.2) is 0 Å². The first kappa shape index (κ1) is 12.7. The molecule has 2 aliphatic rings. The van der Waals surface area contributed by atoms with Crippen molar-refractivity contribution in [2.45, 2.75) is 57.4 Å². The van der Waals surface area contributed by atoms with Gasteiger partial charge in [-0.15, -0.1) is 0 Å². The van der Waals surface area contributed by atoms with Crippen LogP contribution >= 0.6 is 0 Å². The topological polar surface area (TPSA) is 29.1 Å². The van der Waals surface area contributed by atoms with Crippen molar-refractivity contribution in [3.8, 4) is 0 Å². The lowest BCUT2D eigenvalue weighted by Gasteiger charge is -2.28. The van der Waals surface area contributed by atoms with Crippen LogP contribution in [0.4, 0.5) is 0 Å². The Morgan fingerprint density at radius 2 is 1.74 bits per heavy atom. The molecule has 102 valence electrons. The smallest absolute Gasteiger partial charge is 0.223 e. The SMILES string of the molecule is O=C(NC1CCCCC1)C1CCc2ccccc2C1. The highest BCUT2D eigenvalue weighted by Gasteiger charge is 2.26. The molecule has 0 saturated heterocycles. The van der Waals surface area contributed by atoms with Gasteiger partial charge < -0.3 is 5.32 Å². The summed E-state index contributed by atoms with van der Waals surface area (Å²) in [6.07, 6.45) is 9.23. The molecular weight excluding hydrogens is 234 g/mol. The summed E-state index contributed by atoms with van der Waals surface area (Å²) in [5, 5.41) is 3.28. The van der Waals surface area contributed by atoms with E-state index in [9.17, 15) is 4.79 Å². The molecule has 1 aromatic rings. The van der Waals surface area contributed by atoms with Gasteiger partial charge in [0.1, 0.15) is 0 Å². The van der Waals surface area contributed by atoms with Crippen molar-refractivity contribution in [1.29, 1.82) is 0 Å². The van der Waals surface area contributed by atoms with Gasteiger partial charge in [-0.2, -0.15) is 0 Å². The van der Waals surface area contributed by atoms with Crippen molar-refractivity contribution in [3.63, 3.8) is 0 Å². The molecular formula is C17H23NO. The Morgan fingerprint density at radius 3 is 2.53 bits per heavy atom. The number of carbonyl (C=O) groups excluding carboxylic acids is 1. The van der Waals surface area contributed by atoms with E-state index < -0.39 is 0 Å². The van der Waals surface area contributed by atoms with E-state index in [2.05, 4.69) is 29.6 Å². The Morgan fingerprint density at radius 1 is 1.00 bits per heavy atom. The molecule has 2 nitrogen and oxygen atoms in total. The van der Waals surface area contributed by atoms with E-state index in [1.165, 1.54) is 43.2 Å². The molecule has 19 heavy (non-hydrogen) atoms. The summed E-state index contributed by atoms with van der Waals surface area (Å²) >= 11 is 0. The third-order valence-electron chi connectivity index (χ3n) is 4.67. The molecule has 1 fully saturated rings. The van der Waals surface area contributed by atoms with E-state index in [1.54, 1.807) is 0 Å². The molecule has 1 unspecified atom stereocenters. The molecule has 0 aliphatic heterocycles. The van der Waals surface area contributed by atoms with Gasteiger partial charge in [-0.3, -0.25) is 4.79 Å². The zero-order chi connectivity index (χ0) is 13.1. The minimum Gasteiger partial charge on any atom is -0.353 e. The van der Waals surface area contributed by atoms with E-state index in [4.69, 9.17) is 0 Å². The number of nitrogens with one attached hydrogen (secondary N) is 1. The molecule has 2 aliphatic carbocycles. The maximum Gasteiger partial charge on any atom is 0.223 e. The van der Waals surface area contributed by atoms with Crippen molar-refractivity contribution in [2.75, 3.05) is 0 Å². The number of rotatable bonds is 2. The molecule has 1 atom stereocenters. The first-order valence-corrected chi connectivity index (χ1v) is 7.70. The minimum absolute atomic E-state index is 0.192. The van der Waals surface area contributed by atoms with Gasteiger partial charge >= 0.3 is 0 Å². The van der Waals surface area contributed by atoms with E-state index in [0.29, 0.717) is 11.9 Å². The number of amides is 1. The van der Waals surface area contributed by atoms with Crippen LogP contribution in [0.2, 0.25) is 0 Å². The molecule has 1 N–H and O–H groups in total. The fourth-order valence-electron chi connectivity index (χ4n) is 3.49. The zero-order valence-corrected chi connectivity index (χ0v) is 11.5. The van der Waals surface area contributed by atoms with Gasteiger partial charge in [-0.1, -0.05) is 43.5 Å². The highest BCUT2D eigenvalue weighted by atomic mass is 16.1. The van der Waals surface area contributed by atoms with Crippen LogP contribution in [0.1, 0.15) is 49.7 Å². The van der Waals surface area contributed by atoms with E-state index in [0.717, 1.165) is 19.3 Å². The Kier molecular flexibility index (Phi) is 3.86. The number of fused-ring (bicyclic) bond motifs is 1. The number of benzene rings is 1. The van der Waals surface area contributed by atoms with Gasteiger partial charge in [0.25, 0.3) is 0 Å². The lowest BCUT2D eigenvalue weighted by Crippen LogP contribution is -2.41.